The third kappa shape index (κ3) is 6.23. The molecule has 0 fully saturated rings. The Morgan fingerprint density at radius 2 is 1.79 bits per heavy atom. The number of hydrogen-bond acceptors (Lipinski definition) is 8. The quantitative estimate of drug-likeness (QED) is 0.159. The van der Waals surface area contributed by atoms with Gasteiger partial charge in [-0.05, 0) is 48.4 Å². The average molecular weight is 467 g/mol. The first-order chi connectivity index (χ1) is 16.4. The van der Waals surface area contributed by atoms with Gasteiger partial charge in [-0.3, -0.25) is 4.79 Å². The Labute approximate surface area is 195 Å². The predicted molar refractivity (Wildman–Crippen MR) is 126 cm³/mol. The van der Waals surface area contributed by atoms with Gasteiger partial charge in [-0.2, -0.15) is 0 Å². The third-order valence-corrected chi connectivity index (χ3v) is 4.80. The van der Waals surface area contributed by atoms with Gasteiger partial charge in [0.2, 0.25) is 0 Å². The maximum atomic E-state index is 12.3. The topological polar surface area (TPSA) is 113 Å². The van der Waals surface area contributed by atoms with E-state index in [2.05, 4.69) is 5.32 Å². The smallest absolute Gasteiger partial charge is 0.349 e. The minimum absolute atomic E-state index is 0.104. The number of hydrogen-bond donors (Lipinski definition) is 1. The van der Waals surface area contributed by atoms with Crippen molar-refractivity contribution in [2.45, 2.75) is 6.42 Å². The highest BCUT2D eigenvalue weighted by molar-refractivity contribution is 5.97. The molecular weight excluding hydrogens is 442 g/mol. The van der Waals surface area contributed by atoms with Crippen LogP contribution in [0.15, 0.2) is 57.8 Å². The molecule has 2 aromatic carbocycles. The number of fused-ring (bicyclic) bond motifs is 1. The zero-order chi connectivity index (χ0) is 24.5. The standard InChI is InChI=1S/C25H25NO8/c1-30-12-4-11-26-24(28)19-14-17-7-8-18(15-21(17)34-25(19)29)33-23(27)10-6-16-5-9-20(31-2)22(13-16)32-3/h5-10,13-15H,4,11-12H2,1-3H3,(H,26,28)/b10-6+. The van der Waals surface area contributed by atoms with E-state index < -0.39 is 17.5 Å². The first kappa shape index (κ1) is 24.5. The van der Waals surface area contributed by atoms with Crippen molar-refractivity contribution in [3.63, 3.8) is 0 Å². The molecule has 1 amide bonds. The molecule has 3 aromatic rings. The minimum atomic E-state index is -0.784. The zero-order valence-corrected chi connectivity index (χ0v) is 19.1. The van der Waals surface area contributed by atoms with Crippen LogP contribution in [0.2, 0.25) is 0 Å². The second-order valence-electron chi connectivity index (χ2n) is 7.12. The van der Waals surface area contributed by atoms with E-state index in [-0.39, 0.29) is 16.9 Å². The number of amides is 1. The Bertz CT molecular complexity index is 1260. The summed E-state index contributed by atoms with van der Waals surface area (Å²) in [5.74, 6) is 0.151. The van der Waals surface area contributed by atoms with Crippen LogP contribution in [0.1, 0.15) is 22.3 Å². The van der Waals surface area contributed by atoms with Crippen LogP contribution in [0.4, 0.5) is 0 Å². The van der Waals surface area contributed by atoms with Gasteiger partial charge in [-0.25, -0.2) is 9.59 Å². The van der Waals surface area contributed by atoms with Crippen LogP contribution in [0, 0.1) is 0 Å². The number of benzene rings is 2. The Hall–Kier alpha value is -4.11. The SMILES string of the molecule is COCCCNC(=O)c1cc2ccc(OC(=O)/C=C/c3ccc(OC)c(OC)c3)cc2oc1=O. The van der Waals surface area contributed by atoms with Gasteiger partial charge in [0.1, 0.15) is 16.9 Å². The molecule has 0 aliphatic carbocycles. The molecule has 9 nitrogen and oxygen atoms in total. The average Bonchev–Trinajstić information content (AvgIpc) is 2.84. The molecule has 1 aromatic heterocycles. The van der Waals surface area contributed by atoms with Gasteiger partial charge in [-0.1, -0.05) is 6.07 Å². The summed E-state index contributed by atoms with van der Waals surface area (Å²) in [6, 6.07) is 11.2. The van der Waals surface area contributed by atoms with E-state index in [4.69, 9.17) is 23.4 Å². The van der Waals surface area contributed by atoms with Crippen LogP contribution in [0.25, 0.3) is 17.0 Å². The van der Waals surface area contributed by atoms with E-state index in [1.54, 1.807) is 43.5 Å². The molecule has 0 aliphatic rings. The number of carbonyl (C=O) groups excluding carboxylic acids is 2. The van der Waals surface area contributed by atoms with Crippen LogP contribution < -0.4 is 25.2 Å². The predicted octanol–water partition coefficient (Wildman–Crippen LogP) is 3.20. The lowest BCUT2D eigenvalue weighted by molar-refractivity contribution is -0.128. The fraction of sp³-hybridized carbons (Fsp3) is 0.240. The summed E-state index contributed by atoms with van der Waals surface area (Å²) in [6.45, 7) is 0.868. The van der Waals surface area contributed by atoms with Gasteiger partial charge >= 0.3 is 11.6 Å². The van der Waals surface area contributed by atoms with Crippen LogP contribution in [-0.4, -0.2) is 46.4 Å². The molecule has 0 saturated heterocycles. The Morgan fingerprint density at radius 3 is 2.53 bits per heavy atom. The summed E-state index contributed by atoms with van der Waals surface area (Å²) in [7, 11) is 4.63. The van der Waals surface area contributed by atoms with Crippen molar-refractivity contribution >= 4 is 28.9 Å². The zero-order valence-electron chi connectivity index (χ0n) is 19.1. The van der Waals surface area contributed by atoms with Gasteiger partial charge in [0.25, 0.3) is 5.91 Å². The first-order valence-electron chi connectivity index (χ1n) is 10.4. The Morgan fingerprint density at radius 1 is 1.00 bits per heavy atom. The van der Waals surface area contributed by atoms with Gasteiger partial charge in [0, 0.05) is 37.8 Å². The second kappa shape index (κ2) is 11.7. The highest BCUT2D eigenvalue weighted by atomic mass is 16.5. The summed E-state index contributed by atoms with van der Waals surface area (Å²) < 4.78 is 25.9. The molecule has 9 heteroatoms. The van der Waals surface area contributed by atoms with Crippen molar-refractivity contribution in [3.8, 4) is 17.2 Å². The molecule has 34 heavy (non-hydrogen) atoms. The highest BCUT2D eigenvalue weighted by Gasteiger charge is 2.14. The third-order valence-electron chi connectivity index (χ3n) is 4.80. The molecule has 0 bridgehead atoms. The summed E-state index contributed by atoms with van der Waals surface area (Å²) in [4.78, 5) is 36.7. The largest absolute Gasteiger partial charge is 0.493 e. The van der Waals surface area contributed by atoms with E-state index >= 15 is 0 Å². The molecule has 0 atom stereocenters. The van der Waals surface area contributed by atoms with E-state index in [9.17, 15) is 14.4 Å². The summed E-state index contributed by atoms with van der Waals surface area (Å²) in [6.07, 6.45) is 3.46. The second-order valence-corrected chi connectivity index (χ2v) is 7.12. The van der Waals surface area contributed by atoms with E-state index in [0.29, 0.717) is 42.0 Å². The number of rotatable bonds is 10. The van der Waals surface area contributed by atoms with E-state index in [1.807, 2.05) is 0 Å². The molecule has 178 valence electrons. The Balaban J connectivity index is 1.69. The van der Waals surface area contributed by atoms with Gasteiger partial charge in [0.15, 0.2) is 11.5 Å². The molecule has 3 rings (SSSR count). The number of carbonyl (C=O) groups is 2. The lowest BCUT2D eigenvalue weighted by Crippen LogP contribution is -2.29. The molecule has 0 unspecified atom stereocenters. The number of ether oxygens (including phenoxy) is 4. The molecule has 0 spiro atoms. The minimum Gasteiger partial charge on any atom is -0.493 e. The van der Waals surface area contributed by atoms with Gasteiger partial charge in [0.05, 0.1) is 14.2 Å². The summed E-state index contributed by atoms with van der Waals surface area (Å²) in [5.41, 5.74) is 0.0170. The number of methoxy groups -OCH3 is 3. The number of nitrogens with one attached hydrogen (secondary N) is 1. The summed E-state index contributed by atoms with van der Waals surface area (Å²) in [5, 5.41) is 3.16. The molecule has 0 aliphatic heterocycles. The van der Waals surface area contributed by atoms with Crippen molar-refractivity contribution in [1.29, 1.82) is 0 Å². The lowest BCUT2D eigenvalue weighted by atomic mass is 10.1. The highest BCUT2D eigenvalue weighted by Crippen LogP contribution is 2.28. The maximum Gasteiger partial charge on any atom is 0.349 e. The van der Waals surface area contributed by atoms with Gasteiger partial charge < -0.3 is 28.7 Å². The van der Waals surface area contributed by atoms with Crippen molar-refractivity contribution in [1.82, 2.24) is 5.32 Å². The molecular formula is C25H25NO8. The molecule has 0 radical (unpaired) electrons. The van der Waals surface area contributed by atoms with Crippen molar-refractivity contribution in [3.05, 3.63) is 70.1 Å². The molecule has 1 N–H and O–H groups in total. The van der Waals surface area contributed by atoms with Crippen molar-refractivity contribution in [2.24, 2.45) is 0 Å². The van der Waals surface area contributed by atoms with Crippen LogP contribution in [0.3, 0.4) is 0 Å². The van der Waals surface area contributed by atoms with E-state index in [1.165, 1.54) is 32.4 Å². The lowest BCUT2D eigenvalue weighted by Gasteiger charge is -2.07. The van der Waals surface area contributed by atoms with Crippen LogP contribution >= 0.6 is 0 Å². The monoisotopic (exact) mass is 467 g/mol. The van der Waals surface area contributed by atoms with E-state index in [0.717, 1.165) is 0 Å². The Kier molecular flexibility index (Phi) is 8.42. The van der Waals surface area contributed by atoms with Gasteiger partial charge in [-0.15, -0.1) is 0 Å². The fourth-order valence-electron chi connectivity index (χ4n) is 3.10. The number of esters is 1. The fourth-order valence-corrected chi connectivity index (χ4v) is 3.10. The normalized spacial score (nSPS) is 10.9. The summed E-state index contributed by atoms with van der Waals surface area (Å²) >= 11 is 0. The molecule has 0 saturated carbocycles. The van der Waals surface area contributed by atoms with Crippen molar-refractivity contribution < 1.29 is 33.0 Å². The first-order valence-corrected chi connectivity index (χ1v) is 10.4. The molecule has 1 heterocycles. The van der Waals surface area contributed by atoms with Crippen molar-refractivity contribution in [2.75, 3.05) is 34.5 Å². The van der Waals surface area contributed by atoms with Crippen LogP contribution in [-0.2, 0) is 9.53 Å². The van der Waals surface area contributed by atoms with Crippen LogP contribution in [0.5, 0.6) is 17.2 Å². The maximum absolute atomic E-state index is 12.3.